The third-order valence-electron chi connectivity index (χ3n) is 6.61. The van der Waals surface area contributed by atoms with Crippen molar-refractivity contribution < 1.29 is 28.2 Å². The second kappa shape index (κ2) is 10.1. The number of carbonyl (C=O) groups excluding carboxylic acids is 2. The average molecular weight is 478 g/mol. The van der Waals surface area contributed by atoms with E-state index in [0.29, 0.717) is 0 Å². The Bertz CT molecular complexity index is 1160. The monoisotopic (exact) mass is 477 g/mol. The van der Waals surface area contributed by atoms with E-state index in [9.17, 15) is 28.3 Å². The van der Waals surface area contributed by atoms with Crippen LogP contribution < -0.4 is 20.8 Å². The average Bonchev–Trinajstić information content (AvgIpc) is 2.79. The summed E-state index contributed by atoms with van der Waals surface area (Å²) in [6, 6.07) is -0.902. The minimum absolute atomic E-state index is 0.0233. The third-order valence-corrected chi connectivity index (χ3v) is 6.61. The van der Waals surface area contributed by atoms with Gasteiger partial charge in [0.25, 0.3) is 5.91 Å². The molecule has 34 heavy (non-hydrogen) atoms. The summed E-state index contributed by atoms with van der Waals surface area (Å²) in [5.74, 6) is -4.24. The molecule has 2 aromatic rings. The maximum Gasteiger partial charge on any atom is 0.257 e. The van der Waals surface area contributed by atoms with Crippen molar-refractivity contribution >= 4 is 22.7 Å². The fraction of sp³-hybridized carbons (Fsp3) is 0.542. The summed E-state index contributed by atoms with van der Waals surface area (Å²) in [6.45, 7) is 1.12. The molecule has 2 unspecified atom stereocenters. The van der Waals surface area contributed by atoms with E-state index < -0.39 is 41.5 Å². The highest BCUT2D eigenvalue weighted by Crippen LogP contribution is 2.35. The van der Waals surface area contributed by atoms with Crippen molar-refractivity contribution in [3.8, 4) is 5.75 Å². The summed E-state index contributed by atoms with van der Waals surface area (Å²) in [4.78, 5) is 38.8. The molecule has 3 N–H and O–H groups in total. The van der Waals surface area contributed by atoms with Crippen LogP contribution in [0, 0.1) is 11.6 Å². The number of carbonyl (C=O) groups is 2. The fourth-order valence-corrected chi connectivity index (χ4v) is 4.69. The summed E-state index contributed by atoms with van der Waals surface area (Å²) >= 11 is 0. The number of hydrogen-bond acceptors (Lipinski definition) is 5. The molecule has 8 nitrogen and oxygen atoms in total. The van der Waals surface area contributed by atoms with Crippen LogP contribution in [-0.2, 0) is 4.79 Å². The lowest BCUT2D eigenvalue weighted by atomic mass is 9.96. The van der Waals surface area contributed by atoms with Crippen molar-refractivity contribution in [3.05, 3.63) is 39.7 Å². The van der Waals surface area contributed by atoms with E-state index in [0.717, 1.165) is 44.6 Å². The quantitative estimate of drug-likeness (QED) is 0.613. The first-order valence-corrected chi connectivity index (χ1v) is 11.7. The molecule has 1 aliphatic heterocycles. The number of aromatic nitrogens is 1. The van der Waals surface area contributed by atoms with Crippen LogP contribution in [0.3, 0.4) is 0 Å². The number of aliphatic hydroxyl groups is 1. The predicted octanol–water partition coefficient (Wildman–Crippen LogP) is 2.55. The van der Waals surface area contributed by atoms with Gasteiger partial charge in [-0.3, -0.25) is 14.4 Å². The van der Waals surface area contributed by atoms with E-state index in [1.807, 2.05) is 0 Å². The molecule has 1 fully saturated rings. The Morgan fingerprint density at radius 3 is 2.56 bits per heavy atom. The molecule has 184 valence electrons. The van der Waals surface area contributed by atoms with Crippen LogP contribution >= 0.6 is 0 Å². The molecule has 2 amide bonds. The highest BCUT2D eigenvalue weighted by molar-refractivity contribution is 6.00. The van der Waals surface area contributed by atoms with Gasteiger partial charge < -0.3 is 25.0 Å². The third kappa shape index (κ3) is 4.64. The number of nitrogens with one attached hydrogen (secondary N) is 2. The first-order chi connectivity index (χ1) is 16.3. The lowest BCUT2D eigenvalue weighted by Gasteiger charge is -2.27. The standard InChI is InChI=1S/C24H29F2N3O5/c1-13-12-34-22-19(26)17(25)9-15-20(22)29(13)10-16(21(15)31)23(32)28-18(11-30)24(33)27-14-7-5-3-2-4-6-8-14/h9-10,13-14,18,30H,2-8,11-12H2,1H3,(H,27,33)(H,28,32). The molecule has 1 aromatic heterocycles. The predicted molar refractivity (Wildman–Crippen MR) is 121 cm³/mol. The number of ether oxygens (including phenoxy) is 1. The van der Waals surface area contributed by atoms with E-state index in [2.05, 4.69) is 10.6 Å². The molecule has 0 bridgehead atoms. The highest BCUT2D eigenvalue weighted by Gasteiger charge is 2.30. The highest BCUT2D eigenvalue weighted by atomic mass is 19.2. The minimum Gasteiger partial charge on any atom is -0.486 e. The largest absolute Gasteiger partial charge is 0.486 e. The van der Waals surface area contributed by atoms with Crippen molar-refractivity contribution in [2.45, 2.75) is 70.0 Å². The van der Waals surface area contributed by atoms with Crippen LogP contribution in [0.15, 0.2) is 17.1 Å². The van der Waals surface area contributed by atoms with Crippen molar-refractivity contribution in [2.24, 2.45) is 0 Å². The molecule has 2 atom stereocenters. The van der Waals surface area contributed by atoms with Gasteiger partial charge in [-0.1, -0.05) is 32.1 Å². The molecular weight excluding hydrogens is 448 g/mol. The first kappa shape index (κ1) is 24.1. The lowest BCUT2D eigenvalue weighted by Crippen LogP contribution is -2.52. The lowest BCUT2D eigenvalue weighted by molar-refractivity contribution is -0.124. The smallest absolute Gasteiger partial charge is 0.257 e. The van der Waals surface area contributed by atoms with Gasteiger partial charge in [-0.2, -0.15) is 4.39 Å². The molecule has 0 saturated heterocycles. The molecule has 1 aliphatic carbocycles. The molecule has 0 radical (unpaired) electrons. The molecule has 0 spiro atoms. The van der Waals surface area contributed by atoms with Crippen LogP contribution in [-0.4, -0.2) is 46.8 Å². The molecule has 10 heteroatoms. The van der Waals surface area contributed by atoms with Gasteiger partial charge in [0.1, 0.15) is 18.2 Å². The van der Waals surface area contributed by atoms with Crippen LogP contribution in [0.2, 0.25) is 0 Å². The number of aliphatic hydroxyl groups excluding tert-OH is 1. The maximum atomic E-state index is 14.2. The zero-order chi connectivity index (χ0) is 24.4. The van der Waals surface area contributed by atoms with Crippen molar-refractivity contribution in [1.29, 1.82) is 0 Å². The van der Waals surface area contributed by atoms with Crippen molar-refractivity contribution in [1.82, 2.24) is 15.2 Å². The number of nitrogens with zero attached hydrogens (tertiary/aromatic N) is 1. The van der Waals surface area contributed by atoms with E-state index in [1.54, 1.807) is 6.92 Å². The van der Waals surface area contributed by atoms with Gasteiger partial charge in [0.2, 0.25) is 17.2 Å². The summed E-state index contributed by atoms with van der Waals surface area (Å²) in [5, 5.41) is 14.9. The second-order valence-corrected chi connectivity index (χ2v) is 9.10. The van der Waals surface area contributed by atoms with E-state index >= 15 is 0 Å². The fourth-order valence-electron chi connectivity index (χ4n) is 4.69. The molecule has 2 aliphatic rings. The first-order valence-electron chi connectivity index (χ1n) is 11.7. The molecule has 1 saturated carbocycles. The zero-order valence-electron chi connectivity index (χ0n) is 19.0. The second-order valence-electron chi connectivity index (χ2n) is 9.10. The van der Waals surface area contributed by atoms with Gasteiger partial charge in [-0.05, 0) is 25.8 Å². The number of amides is 2. The van der Waals surface area contributed by atoms with E-state index in [4.69, 9.17) is 4.74 Å². The Balaban J connectivity index is 1.60. The summed E-state index contributed by atoms with van der Waals surface area (Å²) in [5.41, 5.74) is -1.09. The Kier molecular flexibility index (Phi) is 7.16. The van der Waals surface area contributed by atoms with Crippen molar-refractivity contribution in [3.63, 3.8) is 0 Å². The Labute approximate surface area is 195 Å². The Morgan fingerprint density at radius 2 is 1.88 bits per heavy atom. The van der Waals surface area contributed by atoms with Gasteiger partial charge in [0.05, 0.1) is 23.6 Å². The topological polar surface area (TPSA) is 110 Å². The number of halogens is 2. The van der Waals surface area contributed by atoms with Crippen molar-refractivity contribution in [2.75, 3.05) is 13.2 Å². The van der Waals surface area contributed by atoms with Gasteiger partial charge in [0, 0.05) is 12.2 Å². The molecular formula is C24H29F2N3O5. The zero-order valence-corrected chi connectivity index (χ0v) is 19.0. The minimum atomic E-state index is -1.26. The number of pyridine rings is 1. The van der Waals surface area contributed by atoms with Crippen LogP contribution in [0.1, 0.15) is 68.3 Å². The van der Waals surface area contributed by atoms with Crippen LogP contribution in [0.5, 0.6) is 5.75 Å². The van der Waals surface area contributed by atoms with Gasteiger partial charge in [0.15, 0.2) is 11.6 Å². The maximum absolute atomic E-state index is 14.2. The van der Waals surface area contributed by atoms with E-state index in [-0.39, 0.29) is 40.9 Å². The Hall–Kier alpha value is -3.01. The van der Waals surface area contributed by atoms with Crippen LogP contribution in [0.4, 0.5) is 8.78 Å². The molecule has 2 heterocycles. The summed E-state index contributed by atoms with van der Waals surface area (Å²) < 4.78 is 35.2. The summed E-state index contributed by atoms with van der Waals surface area (Å²) in [6.07, 6.45) is 8.32. The molecule has 4 rings (SSSR count). The molecule has 1 aromatic carbocycles. The Morgan fingerprint density at radius 1 is 1.21 bits per heavy atom. The van der Waals surface area contributed by atoms with Gasteiger partial charge in [-0.15, -0.1) is 0 Å². The number of benzene rings is 1. The summed E-state index contributed by atoms with van der Waals surface area (Å²) in [7, 11) is 0. The number of hydrogen-bond donors (Lipinski definition) is 3. The number of rotatable bonds is 5. The van der Waals surface area contributed by atoms with Gasteiger partial charge >= 0.3 is 0 Å². The normalized spacial score (nSPS) is 19.6. The van der Waals surface area contributed by atoms with Gasteiger partial charge in [-0.25, -0.2) is 4.39 Å². The SMILES string of the molecule is CC1COc2c(F)c(F)cc3c(=O)c(C(=O)NC(CO)C(=O)NC4CCCCCCC4)cn1c23. The van der Waals surface area contributed by atoms with E-state index in [1.165, 1.54) is 17.2 Å². The van der Waals surface area contributed by atoms with Crippen LogP contribution in [0.25, 0.3) is 10.9 Å².